The maximum Gasteiger partial charge on any atom is 0.0572 e. The molecule has 1 saturated carbocycles. The second-order valence-electron chi connectivity index (χ2n) is 3.64. The molecule has 1 aromatic heterocycles. The summed E-state index contributed by atoms with van der Waals surface area (Å²) in [5.74, 6) is 0.611. The Morgan fingerprint density at radius 1 is 1.58 bits per heavy atom. The van der Waals surface area contributed by atoms with Gasteiger partial charge in [0.15, 0.2) is 0 Å². The Bertz CT molecular complexity index is 226. The van der Waals surface area contributed by atoms with Crippen molar-refractivity contribution in [2.45, 2.75) is 31.8 Å². The minimum absolute atomic E-state index is 0.0618. The SMILES string of the molecule is OC(CCc1ccc[nH]1)C1CC1. The summed E-state index contributed by atoms with van der Waals surface area (Å²) in [4.78, 5) is 3.14. The lowest BCUT2D eigenvalue weighted by molar-refractivity contribution is 0.141. The van der Waals surface area contributed by atoms with Crippen LogP contribution in [-0.2, 0) is 6.42 Å². The molecule has 1 aliphatic carbocycles. The van der Waals surface area contributed by atoms with Crippen molar-refractivity contribution >= 4 is 0 Å². The van der Waals surface area contributed by atoms with E-state index in [9.17, 15) is 5.11 Å². The monoisotopic (exact) mass is 165 g/mol. The van der Waals surface area contributed by atoms with E-state index in [0.717, 1.165) is 12.8 Å². The van der Waals surface area contributed by atoms with Gasteiger partial charge >= 0.3 is 0 Å². The number of hydrogen-bond donors (Lipinski definition) is 2. The number of H-pyrrole nitrogens is 1. The molecule has 1 unspecified atom stereocenters. The Labute approximate surface area is 72.6 Å². The average Bonchev–Trinajstić information content (AvgIpc) is 2.80. The van der Waals surface area contributed by atoms with Crippen molar-refractivity contribution in [2.24, 2.45) is 5.92 Å². The number of aliphatic hydroxyl groups is 1. The highest BCUT2D eigenvalue weighted by Crippen LogP contribution is 2.34. The molecule has 0 radical (unpaired) electrons. The molecule has 0 saturated heterocycles. The third-order valence-electron chi connectivity index (χ3n) is 2.54. The standard InChI is InChI=1S/C10H15NO/c12-10(8-3-4-8)6-5-9-2-1-7-11-9/h1-2,7-8,10-12H,3-6H2. The second-order valence-corrected chi connectivity index (χ2v) is 3.64. The van der Waals surface area contributed by atoms with Gasteiger partial charge in [0.2, 0.25) is 0 Å². The zero-order chi connectivity index (χ0) is 8.39. The summed E-state index contributed by atoms with van der Waals surface area (Å²) in [5.41, 5.74) is 1.23. The molecule has 2 heteroatoms. The molecule has 0 amide bonds. The molecule has 2 rings (SSSR count). The fraction of sp³-hybridized carbons (Fsp3) is 0.600. The highest BCUT2D eigenvalue weighted by molar-refractivity contribution is 5.03. The van der Waals surface area contributed by atoms with Gasteiger partial charge in [0.05, 0.1) is 6.10 Å². The number of aromatic nitrogens is 1. The molecule has 1 aromatic rings. The molecule has 1 heterocycles. The van der Waals surface area contributed by atoms with Gasteiger partial charge in [-0.25, -0.2) is 0 Å². The molecule has 0 aromatic carbocycles. The fourth-order valence-electron chi connectivity index (χ4n) is 1.54. The van der Waals surface area contributed by atoms with Gasteiger partial charge in [-0.05, 0) is 43.7 Å². The van der Waals surface area contributed by atoms with Gasteiger partial charge in [-0.2, -0.15) is 0 Å². The molecular weight excluding hydrogens is 150 g/mol. The molecule has 2 nitrogen and oxygen atoms in total. The lowest BCUT2D eigenvalue weighted by Crippen LogP contribution is -2.10. The molecule has 1 fully saturated rings. The van der Waals surface area contributed by atoms with Gasteiger partial charge in [0.1, 0.15) is 0 Å². The van der Waals surface area contributed by atoms with E-state index in [4.69, 9.17) is 0 Å². The van der Waals surface area contributed by atoms with Crippen LogP contribution in [0, 0.1) is 5.92 Å². The molecule has 2 N–H and O–H groups in total. The van der Waals surface area contributed by atoms with E-state index in [2.05, 4.69) is 11.1 Å². The van der Waals surface area contributed by atoms with Crippen LogP contribution in [0.2, 0.25) is 0 Å². The lowest BCUT2D eigenvalue weighted by atomic mass is 10.1. The maximum absolute atomic E-state index is 9.57. The number of nitrogens with one attached hydrogen (secondary N) is 1. The summed E-state index contributed by atoms with van der Waals surface area (Å²) in [6.45, 7) is 0. The van der Waals surface area contributed by atoms with E-state index in [0.29, 0.717) is 5.92 Å². The third kappa shape index (κ3) is 1.89. The summed E-state index contributed by atoms with van der Waals surface area (Å²) in [6, 6.07) is 4.07. The average molecular weight is 165 g/mol. The zero-order valence-corrected chi connectivity index (χ0v) is 7.16. The summed E-state index contributed by atoms with van der Waals surface area (Å²) >= 11 is 0. The van der Waals surface area contributed by atoms with Crippen molar-refractivity contribution in [1.29, 1.82) is 0 Å². The Morgan fingerprint density at radius 3 is 3.00 bits per heavy atom. The topological polar surface area (TPSA) is 36.0 Å². The Morgan fingerprint density at radius 2 is 2.42 bits per heavy atom. The van der Waals surface area contributed by atoms with Crippen LogP contribution in [0.1, 0.15) is 25.0 Å². The van der Waals surface area contributed by atoms with Gasteiger partial charge in [0.25, 0.3) is 0 Å². The van der Waals surface area contributed by atoms with E-state index in [-0.39, 0.29) is 6.10 Å². The molecule has 0 bridgehead atoms. The normalized spacial score (nSPS) is 19.4. The van der Waals surface area contributed by atoms with Gasteiger partial charge in [-0.15, -0.1) is 0 Å². The fourth-order valence-corrected chi connectivity index (χ4v) is 1.54. The summed E-state index contributed by atoms with van der Waals surface area (Å²) in [7, 11) is 0. The quantitative estimate of drug-likeness (QED) is 0.700. The zero-order valence-electron chi connectivity index (χ0n) is 7.16. The number of aliphatic hydroxyl groups excluding tert-OH is 1. The highest BCUT2D eigenvalue weighted by Gasteiger charge is 2.29. The minimum atomic E-state index is -0.0618. The number of hydrogen-bond acceptors (Lipinski definition) is 1. The van der Waals surface area contributed by atoms with E-state index in [1.807, 2.05) is 12.3 Å². The van der Waals surface area contributed by atoms with E-state index >= 15 is 0 Å². The van der Waals surface area contributed by atoms with Crippen LogP contribution < -0.4 is 0 Å². The van der Waals surface area contributed by atoms with Crippen molar-refractivity contribution in [2.75, 3.05) is 0 Å². The minimum Gasteiger partial charge on any atom is -0.393 e. The van der Waals surface area contributed by atoms with E-state index < -0.39 is 0 Å². The van der Waals surface area contributed by atoms with Gasteiger partial charge in [-0.3, -0.25) is 0 Å². The molecule has 0 spiro atoms. The summed E-state index contributed by atoms with van der Waals surface area (Å²) in [6.07, 6.45) is 6.21. The van der Waals surface area contributed by atoms with Crippen LogP contribution >= 0.6 is 0 Å². The number of rotatable bonds is 4. The largest absolute Gasteiger partial charge is 0.393 e. The van der Waals surface area contributed by atoms with E-state index in [1.54, 1.807) is 0 Å². The van der Waals surface area contributed by atoms with Crippen molar-refractivity contribution in [3.05, 3.63) is 24.0 Å². The van der Waals surface area contributed by atoms with Crippen LogP contribution in [0.25, 0.3) is 0 Å². The first-order valence-corrected chi connectivity index (χ1v) is 4.66. The van der Waals surface area contributed by atoms with Gasteiger partial charge < -0.3 is 10.1 Å². The van der Waals surface area contributed by atoms with Crippen molar-refractivity contribution in [1.82, 2.24) is 4.98 Å². The first-order chi connectivity index (χ1) is 5.86. The van der Waals surface area contributed by atoms with Crippen LogP contribution in [-0.4, -0.2) is 16.2 Å². The van der Waals surface area contributed by atoms with Crippen molar-refractivity contribution in [3.8, 4) is 0 Å². The second kappa shape index (κ2) is 3.31. The Hall–Kier alpha value is -0.760. The van der Waals surface area contributed by atoms with Gasteiger partial charge in [0, 0.05) is 11.9 Å². The molecule has 1 atom stereocenters. The molecule has 0 aliphatic heterocycles. The Balaban J connectivity index is 1.74. The van der Waals surface area contributed by atoms with Crippen molar-refractivity contribution in [3.63, 3.8) is 0 Å². The number of aryl methyl sites for hydroxylation is 1. The predicted octanol–water partition coefficient (Wildman–Crippen LogP) is 1.72. The molecule has 12 heavy (non-hydrogen) atoms. The van der Waals surface area contributed by atoms with Crippen LogP contribution in [0.4, 0.5) is 0 Å². The highest BCUT2D eigenvalue weighted by atomic mass is 16.3. The molecule has 66 valence electrons. The van der Waals surface area contributed by atoms with Crippen LogP contribution in [0.15, 0.2) is 18.3 Å². The van der Waals surface area contributed by atoms with Crippen molar-refractivity contribution < 1.29 is 5.11 Å². The predicted molar refractivity (Wildman–Crippen MR) is 47.8 cm³/mol. The van der Waals surface area contributed by atoms with Crippen LogP contribution in [0.3, 0.4) is 0 Å². The summed E-state index contributed by atoms with van der Waals surface area (Å²) < 4.78 is 0. The smallest absolute Gasteiger partial charge is 0.0572 e. The Kier molecular flexibility index (Phi) is 2.17. The summed E-state index contributed by atoms with van der Waals surface area (Å²) in [5, 5.41) is 9.57. The maximum atomic E-state index is 9.57. The lowest BCUT2D eigenvalue weighted by Gasteiger charge is -2.06. The first kappa shape index (κ1) is 7.87. The van der Waals surface area contributed by atoms with E-state index in [1.165, 1.54) is 18.5 Å². The van der Waals surface area contributed by atoms with Crippen LogP contribution in [0.5, 0.6) is 0 Å². The first-order valence-electron chi connectivity index (χ1n) is 4.66. The molecule has 1 aliphatic rings. The third-order valence-corrected chi connectivity index (χ3v) is 2.54. The van der Waals surface area contributed by atoms with Gasteiger partial charge in [-0.1, -0.05) is 0 Å². The molecular formula is C10H15NO. The number of aromatic amines is 1.